The Morgan fingerprint density at radius 3 is 1.33 bits per heavy atom. The third kappa shape index (κ3) is 23.1. The van der Waals surface area contributed by atoms with E-state index in [9.17, 15) is 27.9 Å². The van der Waals surface area contributed by atoms with Crippen molar-refractivity contribution < 1.29 is 66.1 Å². The first-order chi connectivity index (χ1) is 51.4. The number of nitrogens with zero attached hydrogens (tertiary/aromatic N) is 14. The number of benzene rings is 4. The van der Waals surface area contributed by atoms with Crippen molar-refractivity contribution in [1.29, 1.82) is 10.5 Å². The highest BCUT2D eigenvalue weighted by molar-refractivity contribution is 6.00. The fourth-order valence-corrected chi connectivity index (χ4v) is 9.48. The van der Waals surface area contributed by atoms with Gasteiger partial charge < -0.3 is 69.7 Å². The Morgan fingerprint density at radius 2 is 0.896 bits per heavy atom. The molecule has 0 fully saturated rings. The minimum atomic E-state index is -1.27. The van der Waals surface area contributed by atoms with Gasteiger partial charge in [0.25, 0.3) is 0 Å². The van der Waals surface area contributed by atoms with Gasteiger partial charge in [0.1, 0.15) is 60.8 Å². The van der Waals surface area contributed by atoms with E-state index in [1.165, 1.54) is 42.6 Å². The number of aliphatic hydroxyl groups excluding tert-OH is 1. The van der Waals surface area contributed by atoms with Crippen molar-refractivity contribution >= 4 is 45.5 Å². The van der Waals surface area contributed by atoms with E-state index in [0.717, 1.165) is 39.1 Å². The molecule has 0 saturated carbocycles. The smallest absolute Gasteiger partial charge is 0.358 e. The number of fused-ring (bicyclic) bond motifs is 2. The summed E-state index contributed by atoms with van der Waals surface area (Å²) in [6.07, 6.45) is 10.1. The maximum Gasteiger partial charge on any atom is 0.358 e. The number of aryl methyl sites for hydroxylation is 3. The van der Waals surface area contributed by atoms with Gasteiger partial charge in [-0.1, -0.05) is 12.1 Å². The van der Waals surface area contributed by atoms with Crippen molar-refractivity contribution in [3.8, 4) is 74.4 Å². The molecule has 0 atom stereocenters. The number of methoxy groups -OCH3 is 4. The molecular weight excluding hydrogens is 1370 g/mol. The van der Waals surface area contributed by atoms with Crippen molar-refractivity contribution in [3.05, 3.63) is 223 Å². The zero-order valence-corrected chi connectivity index (χ0v) is 58.6. The number of aromatic carboxylic acids is 1. The molecule has 12 aromatic rings. The summed E-state index contributed by atoms with van der Waals surface area (Å²) in [5, 5.41) is 34.1. The van der Waals surface area contributed by atoms with E-state index in [-0.39, 0.29) is 59.2 Å². The van der Waals surface area contributed by atoms with Crippen molar-refractivity contribution in [2.24, 2.45) is 19.8 Å². The number of carboxylic acid groups (broad SMARTS) is 1. The summed E-state index contributed by atoms with van der Waals surface area (Å²) < 4.78 is 78.6. The average Bonchev–Trinajstić information content (AvgIpc) is 1.09. The summed E-state index contributed by atoms with van der Waals surface area (Å²) in [6, 6.07) is 39.6. The number of halogens is 3. The number of hydrogen-bond acceptors (Lipinski definition) is 25. The topological polar surface area (TPSA) is 404 Å². The molecule has 8 N–H and O–H groups in total. The zero-order chi connectivity index (χ0) is 76.3. The number of hydrogen-bond donors (Lipinski definition) is 5. The number of aromatic nitrogens is 12. The number of ether oxygens (including phenoxy) is 7. The number of anilines is 2. The van der Waals surface area contributed by atoms with Crippen molar-refractivity contribution in [2.75, 3.05) is 92.8 Å². The van der Waals surface area contributed by atoms with Gasteiger partial charge in [-0.2, -0.15) is 10.5 Å². The Morgan fingerprint density at radius 1 is 0.491 bits per heavy atom. The molecule has 28 nitrogen and oxygen atoms in total. The molecule has 0 saturated heterocycles. The predicted molar refractivity (Wildman–Crippen MR) is 388 cm³/mol. The van der Waals surface area contributed by atoms with Crippen LogP contribution in [0.2, 0.25) is 0 Å². The summed E-state index contributed by atoms with van der Waals surface area (Å²) in [5.41, 5.74) is 26.4. The fourth-order valence-electron chi connectivity index (χ4n) is 9.48. The maximum absolute atomic E-state index is 13.7. The highest BCUT2D eigenvalue weighted by Gasteiger charge is 2.23. The molecule has 8 aromatic heterocycles. The van der Waals surface area contributed by atoms with E-state index >= 15 is 0 Å². The van der Waals surface area contributed by atoms with Gasteiger partial charge in [-0.3, -0.25) is 14.8 Å². The number of imidazole rings is 2. The quantitative estimate of drug-likeness (QED) is 0.0277. The number of Topliss-reactive ketones (excluding diaryl/α,β-unsaturated/α-hetero) is 1. The second-order valence-corrected chi connectivity index (χ2v) is 21.9. The van der Waals surface area contributed by atoms with Crippen LogP contribution in [0.15, 0.2) is 171 Å². The van der Waals surface area contributed by atoms with Crippen LogP contribution in [0.1, 0.15) is 50.2 Å². The van der Waals surface area contributed by atoms with Crippen molar-refractivity contribution in [1.82, 2.24) is 59.0 Å². The molecule has 0 amide bonds. The molecule has 0 unspecified atom stereocenters. The Labute approximate surface area is 607 Å². The monoisotopic (exact) mass is 1450 g/mol. The number of rotatable bonds is 24. The van der Waals surface area contributed by atoms with Crippen LogP contribution in [0.5, 0.6) is 17.2 Å². The average molecular weight is 1450 g/mol. The number of ketones is 1. The maximum atomic E-state index is 13.7. The summed E-state index contributed by atoms with van der Waals surface area (Å²) in [7, 11) is 10.1. The molecule has 4 aromatic carbocycles. The van der Waals surface area contributed by atoms with E-state index in [1.807, 2.05) is 71.8 Å². The summed E-state index contributed by atoms with van der Waals surface area (Å²) >= 11 is 0. The zero-order valence-electron chi connectivity index (χ0n) is 58.6. The second kappa shape index (κ2) is 42.0. The van der Waals surface area contributed by atoms with Crippen LogP contribution in [0.3, 0.4) is 0 Å². The Bertz CT molecular complexity index is 4920. The number of pyridine rings is 4. The van der Waals surface area contributed by atoms with Crippen LogP contribution in [-0.4, -0.2) is 162 Å². The first kappa shape index (κ1) is 80.6. The molecule has 0 aliphatic carbocycles. The van der Waals surface area contributed by atoms with E-state index in [2.05, 4.69) is 49.6 Å². The number of carbonyl (C=O) groups excluding carboxylic acids is 1. The van der Waals surface area contributed by atoms with Gasteiger partial charge in [0.2, 0.25) is 0 Å². The third-order valence-corrected chi connectivity index (χ3v) is 14.7. The lowest BCUT2D eigenvalue weighted by Crippen LogP contribution is -2.13. The van der Waals surface area contributed by atoms with Crippen LogP contribution in [-0.2, 0) is 46.0 Å². The molecule has 12 rings (SSSR count). The molecule has 0 aliphatic rings. The first-order valence-corrected chi connectivity index (χ1v) is 32.3. The molecule has 8 heterocycles. The summed E-state index contributed by atoms with van der Waals surface area (Å²) in [5.74, 6) is -1.24. The van der Waals surface area contributed by atoms with Gasteiger partial charge in [0.05, 0.1) is 102 Å². The Kier molecular flexibility index (Phi) is 31.9. The first-order valence-electron chi connectivity index (χ1n) is 32.3. The van der Waals surface area contributed by atoms with Crippen molar-refractivity contribution in [3.63, 3.8) is 0 Å². The van der Waals surface area contributed by atoms with E-state index < -0.39 is 11.8 Å². The predicted octanol–water partition coefficient (Wildman–Crippen LogP) is 10.0. The number of aliphatic hydroxyl groups is 1. The number of nitrogens with two attached hydrogens (primary N) is 3. The van der Waals surface area contributed by atoms with Crippen LogP contribution in [0.25, 0.3) is 67.1 Å². The minimum Gasteiger partial charge on any atom is -0.489 e. The Hall–Kier alpha value is -12.8. The highest BCUT2D eigenvalue weighted by Crippen LogP contribution is 2.35. The van der Waals surface area contributed by atoms with E-state index in [4.69, 9.17) is 66.2 Å². The van der Waals surface area contributed by atoms with Gasteiger partial charge in [0, 0.05) is 109 Å². The largest absolute Gasteiger partial charge is 0.489 e. The van der Waals surface area contributed by atoms with Crippen LogP contribution in [0, 0.1) is 40.1 Å². The van der Waals surface area contributed by atoms with Gasteiger partial charge in [0.15, 0.2) is 46.1 Å². The SMILES string of the molecule is COCCO.COCCOc1cccnc1C#N.COCCOc1cccnc1CCC(=O)c1nc(-c2ccc3ncn(C)c3c2)c(-c2ccc(F)cc2)nc1N.COCCOc1cccnc1CN.Cn1cnc2ccc(-c3nc(C(=O)O)c(N)nc3-c3ccc(F)cc3)cc21.N#Cc1ncccc1F. The summed E-state index contributed by atoms with van der Waals surface area (Å²) in [4.78, 5) is 67.1. The number of carboxylic acids is 1. The van der Waals surface area contributed by atoms with Gasteiger partial charge in [-0.25, -0.2) is 57.8 Å². The van der Waals surface area contributed by atoms with Gasteiger partial charge in [-0.05, 0) is 121 Å². The van der Waals surface area contributed by atoms with Crippen LogP contribution < -0.4 is 31.4 Å². The lowest BCUT2D eigenvalue weighted by atomic mass is 10.0. The highest BCUT2D eigenvalue weighted by atomic mass is 19.1. The van der Waals surface area contributed by atoms with Crippen molar-refractivity contribution in [2.45, 2.75) is 19.4 Å². The number of nitriles is 2. The molecule has 548 valence electrons. The fraction of sp³-hybridized carbons (Fsp3) is 0.227. The molecular formula is C75H76F3N17O11. The molecule has 0 aliphatic heterocycles. The molecule has 106 heavy (non-hydrogen) atoms. The molecule has 31 heteroatoms. The number of nitrogen functional groups attached to an aromatic ring is 2. The molecule has 0 spiro atoms. The standard InChI is InChI=1S/C29H27FN6O3.C19H14FN5O2.C9H14N2O2.C9H10N2O2.C6H3FN2.C3H8O2/c1-36-17-33-21-10-7-19(16-23(21)36)27-26(18-5-8-20(30)9-6-18)35-29(31)28(34-27)24(37)12-11-22-25(4-3-13-32-22)39-15-14-38-2;1-25-9-22-13-7-4-11(8-14(13)25)16-15(10-2-5-12(20)6-3-10)24-18(21)17(23-16)19(26)27;2*1-12-5-6-13-9-3-2-4-11-8(9)7-10;7-5-2-1-3-9-6(5)4-8;1-5-3-2-4/h3-10,13,16-17H,11-12,14-15H2,1-2H3,(H2,31,35);2-9H,1H3,(H2,21,24)(H,26,27);2-4H,5-7,10H2,1H3;2-4H,5-6H2,1H3;1-3H;4H,2-3H2,1H3. The summed E-state index contributed by atoms with van der Waals surface area (Å²) in [6.45, 7) is 3.79. The van der Waals surface area contributed by atoms with Crippen LogP contribution in [0.4, 0.5) is 24.8 Å². The van der Waals surface area contributed by atoms with Gasteiger partial charge >= 0.3 is 5.97 Å². The third-order valence-electron chi connectivity index (χ3n) is 14.7. The lowest BCUT2D eigenvalue weighted by molar-refractivity contribution is 0.0691. The molecule has 0 bridgehead atoms. The normalized spacial score (nSPS) is 10.4. The van der Waals surface area contributed by atoms with Crippen LogP contribution >= 0.6 is 0 Å². The van der Waals surface area contributed by atoms with E-state index in [1.54, 1.807) is 120 Å². The lowest BCUT2D eigenvalue weighted by Gasteiger charge is -2.13. The second-order valence-electron chi connectivity index (χ2n) is 21.9. The van der Waals surface area contributed by atoms with E-state index in [0.29, 0.717) is 122 Å². The number of carbonyl (C=O) groups is 2. The van der Waals surface area contributed by atoms with Gasteiger partial charge in [-0.15, -0.1) is 0 Å². The Balaban J connectivity index is 0.000000201. The minimum absolute atomic E-state index is 0.00211. The molecule has 0 radical (unpaired) electrons.